The van der Waals surface area contributed by atoms with Crippen molar-refractivity contribution in [3.8, 4) is 0 Å². The predicted octanol–water partition coefficient (Wildman–Crippen LogP) is 5.10. The van der Waals surface area contributed by atoms with Gasteiger partial charge in [0.2, 0.25) is 0 Å². The van der Waals surface area contributed by atoms with Gasteiger partial charge in [-0.25, -0.2) is 8.78 Å². The lowest BCUT2D eigenvalue weighted by molar-refractivity contribution is -0.0649. The van der Waals surface area contributed by atoms with E-state index in [1.807, 2.05) is 4.90 Å². The third-order valence-electron chi connectivity index (χ3n) is 5.18. The lowest BCUT2D eigenvalue weighted by Crippen LogP contribution is -2.51. The molecule has 2 heterocycles. The van der Waals surface area contributed by atoms with Crippen LogP contribution in [0.25, 0.3) is 0 Å². The van der Waals surface area contributed by atoms with Crippen LogP contribution in [0.15, 0.2) is 53.5 Å². The monoisotopic (exact) mass is 468 g/mol. The number of rotatable bonds is 3. The van der Waals surface area contributed by atoms with Crippen molar-refractivity contribution in [2.24, 2.45) is 4.99 Å². The Morgan fingerprint density at radius 2 is 1.64 bits per heavy atom. The molecule has 0 radical (unpaired) electrons. The van der Waals surface area contributed by atoms with Gasteiger partial charge in [-0.2, -0.15) is 0 Å². The van der Waals surface area contributed by atoms with Crippen LogP contribution in [0.5, 0.6) is 0 Å². The fourth-order valence-electron chi connectivity index (χ4n) is 3.78. The summed E-state index contributed by atoms with van der Waals surface area (Å²) in [6.07, 6.45) is 3.46. The molecule has 1 fully saturated rings. The maximum Gasteiger partial charge on any atom is 0.162 e. The third-order valence-corrected chi connectivity index (χ3v) is 6.62. The highest BCUT2D eigenvalue weighted by atomic mass is 79.9. The van der Waals surface area contributed by atoms with Crippen LogP contribution < -0.4 is 0 Å². The van der Waals surface area contributed by atoms with E-state index in [1.54, 1.807) is 24.3 Å². The Bertz CT molecular complexity index is 831. The summed E-state index contributed by atoms with van der Waals surface area (Å²) in [6.45, 7) is 1.48. The molecule has 150 valence electrons. The van der Waals surface area contributed by atoms with Gasteiger partial charge in [0.15, 0.2) is 10.9 Å². The molecule has 2 aliphatic rings. The van der Waals surface area contributed by atoms with Gasteiger partial charge in [0.1, 0.15) is 11.6 Å². The van der Waals surface area contributed by atoms with Crippen molar-refractivity contribution in [1.82, 2.24) is 4.90 Å². The number of thioether (sulfide) groups is 1. The molecular weight excluding hydrogens is 446 g/mol. The predicted molar refractivity (Wildman–Crippen MR) is 115 cm³/mol. The molecule has 1 N–H and O–H groups in total. The van der Waals surface area contributed by atoms with Gasteiger partial charge >= 0.3 is 0 Å². The fraction of sp³-hybridized carbons (Fsp3) is 0.381. The zero-order chi connectivity index (χ0) is 18.9. The van der Waals surface area contributed by atoms with Crippen molar-refractivity contribution < 1.29 is 13.9 Å². The molecule has 1 saturated heterocycles. The van der Waals surface area contributed by atoms with Crippen LogP contribution in [0.1, 0.15) is 35.6 Å². The van der Waals surface area contributed by atoms with Crippen LogP contribution in [0.4, 0.5) is 8.78 Å². The van der Waals surface area contributed by atoms with Crippen LogP contribution in [0.3, 0.4) is 0 Å². The highest BCUT2D eigenvalue weighted by molar-refractivity contribution is 8.93. The average molecular weight is 469 g/mol. The summed E-state index contributed by atoms with van der Waals surface area (Å²) in [5.74, 6) is -0.595. The molecule has 7 heteroatoms. The number of nitrogens with zero attached hydrogens (tertiary/aromatic N) is 2. The van der Waals surface area contributed by atoms with Crippen LogP contribution in [0.2, 0.25) is 0 Å². The first-order chi connectivity index (χ1) is 13.1. The Hall–Kier alpha value is -1.44. The minimum atomic E-state index is -1.20. The lowest BCUT2D eigenvalue weighted by Gasteiger charge is -2.38. The second kappa shape index (κ2) is 8.93. The number of fused-ring (bicyclic) bond motifs is 1. The Kier molecular flexibility index (Phi) is 6.78. The van der Waals surface area contributed by atoms with E-state index >= 15 is 0 Å². The van der Waals surface area contributed by atoms with E-state index in [1.165, 1.54) is 36.0 Å². The van der Waals surface area contributed by atoms with Gasteiger partial charge in [0.25, 0.3) is 0 Å². The third kappa shape index (κ3) is 4.26. The molecule has 0 bridgehead atoms. The van der Waals surface area contributed by atoms with Gasteiger partial charge in [0, 0.05) is 19.5 Å². The maximum absolute atomic E-state index is 13.4. The van der Waals surface area contributed by atoms with Crippen LogP contribution >= 0.6 is 28.7 Å². The number of aliphatic hydroxyl groups is 1. The molecule has 2 aliphatic heterocycles. The molecule has 28 heavy (non-hydrogen) atoms. The van der Waals surface area contributed by atoms with Crippen LogP contribution in [-0.4, -0.2) is 34.0 Å². The van der Waals surface area contributed by atoms with Gasteiger partial charge in [-0.3, -0.25) is 4.99 Å². The molecule has 2 unspecified atom stereocenters. The van der Waals surface area contributed by atoms with Gasteiger partial charge in [0.05, 0.1) is 5.25 Å². The van der Waals surface area contributed by atoms with Gasteiger partial charge in [-0.05, 0) is 54.7 Å². The highest BCUT2D eigenvalue weighted by Gasteiger charge is 2.51. The van der Waals surface area contributed by atoms with E-state index < -0.39 is 5.72 Å². The number of halogens is 3. The van der Waals surface area contributed by atoms with Gasteiger partial charge in [-0.1, -0.05) is 36.0 Å². The second-order valence-electron chi connectivity index (χ2n) is 7.11. The molecule has 0 saturated carbocycles. The Labute approximate surface area is 178 Å². The molecular formula is C21H23BrF2N2OS. The lowest BCUT2D eigenvalue weighted by atomic mass is 9.93. The first-order valence-electron chi connectivity index (χ1n) is 9.27. The van der Waals surface area contributed by atoms with E-state index in [9.17, 15) is 13.9 Å². The van der Waals surface area contributed by atoms with Crippen molar-refractivity contribution >= 4 is 33.9 Å². The molecule has 2 aromatic rings. The summed E-state index contributed by atoms with van der Waals surface area (Å²) in [5, 5.41) is 12.4. The van der Waals surface area contributed by atoms with Gasteiger partial charge in [-0.15, -0.1) is 17.0 Å². The number of amidine groups is 1. The molecule has 0 amide bonds. The summed E-state index contributed by atoms with van der Waals surface area (Å²) in [6, 6.07) is 12.5. The smallest absolute Gasteiger partial charge is 0.162 e. The van der Waals surface area contributed by atoms with E-state index in [4.69, 9.17) is 4.99 Å². The highest BCUT2D eigenvalue weighted by Crippen LogP contribution is 2.50. The Balaban J connectivity index is 0.00000225. The Morgan fingerprint density at radius 1 is 1.00 bits per heavy atom. The summed E-state index contributed by atoms with van der Waals surface area (Å²) >= 11 is 1.53. The standard InChI is InChI=1S/C21H22F2N2OS.BrH/c22-17-8-4-15(5-9-17)14-21(26)19(16-6-10-18(23)11-7-16)27-20-24-12-2-1-3-13-25(20)21;/h4-11,19,26H,1-3,12-14H2;1H. The minimum Gasteiger partial charge on any atom is -0.369 e. The number of aliphatic imine (C=N–C) groups is 1. The van der Waals surface area contributed by atoms with Crippen molar-refractivity contribution in [2.75, 3.05) is 13.1 Å². The molecule has 3 nitrogen and oxygen atoms in total. The van der Waals surface area contributed by atoms with Crippen molar-refractivity contribution in [3.05, 3.63) is 71.3 Å². The van der Waals surface area contributed by atoms with Crippen molar-refractivity contribution in [1.29, 1.82) is 0 Å². The van der Waals surface area contributed by atoms with E-state index in [2.05, 4.69) is 0 Å². The van der Waals surface area contributed by atoms with Gasteiger partial charge < -0.3 is 10.0 Å². The van der Waals surface area contributed by atoms with E-state index in [0.29, 0.717) is 6.42 Å². The molecule has 2 aromatic carbocycles. The zero-order valence-electron chi connectivity index (χ0n) is 15.4. The first-order valence-corrected chi connectivity index (χ1v) is 10.2. The largest absolute Gasteiger partial charge is 0.369 e. The van der Waals surface area contributed by atoms with Crippen molar-refractivity contribution in [3.63, 3.8) is 0 Å². The molecule has 4 rings (SSSR count). The van der Waals surface area contributed by atoms with Crippen LogP contribution in [-0.2, 0) is 6.42 Å². The summed E-state index contributed by atoms with van der Waals surface area (Å²) < 4.78 is 26.7. The Morgan fingerprint density at radius 3 is 2.32 bits per heavy atom. The average Bonchev–Trinajstić information content (AvgIpc) is 2.89. The van der Waals surface area contributed by atoms with Crippen molar-refractivity contribution in [2.45, 2.75) is 36.7 Å². The zero-order valence-corrected chi connectivity index (χ0v) is 17.9. The maximum atomic E-state index is 13.4. The molecule has 0 aromatic heterocycles. The number of hydrogen-bond acceptors (Lipinski definition) is 4. The summed E-state index contributed by atoms with van der Waals surface area (Å²) in [5.41, 5.74) is 0.520. The molecule has 0 aliphatic carbocycles. The SMILES string of the molecule is Br.OC1(Cc2ccc(F)cc2)C(c2ccc(F)cc2)SC2=NCCCCCN21. The van der Waals surface area contributed by atoms with Crippen LogP contribution in [0, 0.1) is 11.6 Å². The molecule has 0 spiro atoms. The number of benzene rings is 2. The normalized spacial score (nSPS) is 24.6. The first kappa shape index (κ1) is 21.3. The summed E-state index contributed by atoms with van der Waals surface area (Å²) in [7, 11) is 0. The topological polar surface area (TPSA) is 35.8 Å². The van der Waals surface area contributed by atoms with E-state index in [0.717, 1.165) is 48.6 Å². The quantitative estimate of drug-likeness (QED) is 0.680. The molecule has 2 atom stereocenters. The second-order valence-corrected chi connectivity index (χ2v) is 8.18. The van der Waals surface area contributed by atoms with E-state index in [-0.39, 0.29) is 33.9 Å². The fourth-order valence-corrected chi connectivity index (χ4v) is 5.22. The number of hydrogen-bond donors (Lipinski definition) is 1. The minimum absolute atomic E-state index is 0. The summed E-state index contributed by atoms with van der Waals surface area (Å²) in [4.78, 5) is 6.70.